The number of nitrogen functional groups attached to an aromatic ring is 1. The highest BCUT2D eigenvalue weighted by Gasteiger charge is 2.40. The number of hydrogen-bond acceptors (Lipinski definition) is 5. The molecule has 8 nitrogen and oxygen atoms in total. The van der Waals surface area contributed by atoms with Gasteiger partial charge >= 0.3 is 5.97 Å². The van der Waals surface area contributed by atoms with Gasteiger partial charge in [0, 0.05) is 11.8 Å². The van der Waals surface area contributed by atoms with Crippen LogP contribution in [0.15, 0.2) is 48.5 Å². The zero-order valence-corrected chi connectivity index (χ0v) is 20.1. The van der Waals surface area contributed by atoms with Gasteiger partial charge in [-0.25, -0.2) is 13.1 Å². The third-order valence-corrected chi connectivity index (χ3v) is 9.42. The molecule has 0 amide bonds. The van der Waals surface area contributed by atoms with Crippen LogP contribution >= 0.6 is 7.37 Å². The molecule has 0 radical (unpaired) electrons. The first-order valence-corrected chi connectivity index (χ1v) is 13.8. The van der Waals surface area contributed by atoms with E-state index in [1.54, 1.807) is 63.2 Å². The molecule has 0 aliphatic heterocycles. The predicted molar refractivity (Wildman–Crippen MR) is 126 cm³/mol. The first-order valence-electron chi connectivity index (χ1n) is 10.3. The Balaban J connectivity index is 2.25. The van der Waals surface area contributed by atoms with E-state index in [0.717, 1.165) is 5.56 Å². The molecule has 3 unspecified atom stereocenters. The summed E-state index contributed by atoms with van der Waals surface area (Å²) in [6.07, 6.45) is -0.367. The standard InChI is InChI=1S/C22H31N2O6PS/c1-15(2)21(24-32(29,30)13-12-17-8-5-4-6-9-17)31(27,28)14-19(22(25)26)18-10-7-11-20(23)16(18)3/h4-11,15,19,21,24H,12-14,23H2,1-3H3,(H,25,26)(H,27,28). The van der Waals surface area contributed by atoms with Gasteiger partial charge in [0.25, 0.3) is 0 Å². The maximum absolute atomic E-state index is 13.3. The normalized spacial score (nSPS) is 15.8. The fourth-order valence-electron chi connectivity index (χ4n) is 3.56. The van der Waals surface area contributed by atoms with Crippen LogP contribution in [-0.2, 0) is 25.8 Å². The first-order chi connectivity index (χ1) is 14.8. The molecule has 32 heavy (non-hydrogen) atoms. The second kappa shape index (κ2) is 10.6. The molecule has 0 saturated heterocycles. The summed E-state index contributed by atoms with van der Waals surface area (Å²) in [5.74, 6) is -4.68. The Morgan fingerprint density at radius 2 is 1.75 bits per heavy atom. The minimum atomic E-state index is -4.27. The van der Waals surface area contributed by atoms with Crippen molar-refractivity contribution in [3.63, 3.8) is 0 Å². The number of aliphatic carboxylic acids is 1. The lowest BCUT2D eigenvalue weighted by Crippen LogP contribution is -2.41. The molecule has 3 atom stereocenters. The second-order valence-corrected chi connectivity index (χ2v) is 12.6. The molecule has 5 N–H and O–H groups in total. The van der Waals surface area contributed by atoms with Crippen LogP contribution in [0.3, 0.4) is 0 Å². The summed E-state index contributed by atoms with van der Waals surface area (Å²) in [5.41, 5.74) is 7.94. The van der Waals surface area contributed by atoms with Crippen LogP contribution < -0.4 is 10.5 Å². The fourth-order valence-corrected chi connectivity index (χ4v) is 8.00. The molecule has 10 heteroatoms. The lowest BCUT2D eigenvalue weighted by molar-refractivity contribution is -0.138. The van der Waals surface area contributed by atoms with Gasteiger partial charge in [-0.15, -0.1) is 0 Å². The van der Waals surface area contributed by atoms with E-state index in [9.17, 15) is 27.8 Å². The second-order valence-electron chi connectivity index (χ2n) is 8.25. The van der Waals surface area contributed by atoms with Gasteiger partial charge in [-0.2, -0.15) is 0 Å². The molecule has 0 fully saturated rings. The van der Waals surface area contributed by atoms with Crippen molar-refractivity contribution in [1.29, 1.82) is 0 Å². The smallest absolute Gasteiger partial charge is 0.311 e. The summed E-state index contributed by atoms with van der Waals surface area (Å²) in [5, 5.41) is 9.76. The third-order valence-electron chi connectivity index (χ3n) is 5.40. The van der Waals surface area contributed by atoms with E-state index in [1.807, 2.05) is 6.07 Å². The molecule has 176 valence electrons. The Hall–Kier alpha value is -2.19. The Bertz CT molecular complexity index is 1090. The van der Waals surface area contributed by atoms with Gasteiger partial charge in [0.15, 0.2) is 0 Å². The molecule has 0 spiro atoms. The molecule has 0 aliphatic carbocycles. The number of benzene rings is 2. The number of sulfonamides is 1. The number of hydrogen-bond donors (Lipinski definition) is 4. The van der Waals surface area contributed by atoms with Crippen molar-refractivity contribution < 1.29 is 27.8 Å². The summed E-state index contributed by atoms with van der Waals surface area (Å²) < 4.78 is 41.0. The van der Waals surface area contributed by atoms with E-state index in [2.05, 4.69) is 4.72 Å². The highest BCUT2D eigenvalue weighted by Crippen LogP contribution is 2.51. The fraction of sp³-hybridized carbons (Fsp3) is 0.409. The first kappa shape index (κ1) is 26.1. The molecule has 2 aromatic rings. The average Bonchev–Trinajstić information content (AvgIpc) is 2.71. The van der Waals surface area contributed by atoms with Crippen molar-refractivity contribution in [2.75, 3.05) is 17.6 Å². The van der Waals surface area contributed by atoms with Gasteiger partial charge in [0.1, 0.15) is 5.78 Å². The summed E-state index contributed by atoms with van der Waals surface area (Å²) in [6, 6.07) is 13.8. The van der Waals surface area contributed by atoms with Gasteiger partial charge < -0.3 is 15.7 Å². The highest BCUT2D eigenvalue weighted by molar-refractivity contribution is 7.89. The Morgan fingerprint density at radius 1 is 1.12 bits per heavy atom. The monoisotopic (exact) mass is 482 g/mol. The summed E-state index contributed by atoms with van der Waals surface area (Å²) >= 11 is 0. The average molecular weight is 483 g/mol. The van der Waals surface area contributed by atoms with Crippen LogP contribution in [0.25, 0.3) is 0 Å². The minimum Gasteiger partial charge on any atom is -0.481 e. The molecule has 0 saturated carbocycles. The quantitative estimate of drug-likeness (QED) is 0.284. The van der Waals surface area contributed by atoms with E-state index in [0.29, 0.717) is 16.8 Å². The Kier molecular flexibility index (Phi) is 8.65. The van der Waals surface area contributed by atoms with Gasteiger partial charge in [-0.05, 0) is 42.0 Å². The Labute approximate surface area is 189 Å². The number of rotatable bonds is 11. The van der Waals surface area contributed by atoms with Crippen LogP contribution in [0.4, 0.5) is 5.69 Å². The molecule has 2 rings (SSSR count). The summed E-state index contributed by atoms with van der Waals surface area (Å²) in [6.45, 7) is 4.89. The molecule has 0 aromatic heterocycles. The maximum Gasteiger partial charge on any atom is 0.311 e. The van der Waals surface area contributed by atoms with Crippen LogP contribution in [0.2, 0.25) is 0 Å². The van der Waals surface area contributed by atoms with Crippen molar-refractivity contribution in [3.05, 3.63) is 65.2 Å². The van der Waals surface area contributed by atoms with Gasteiger partial charge in [0.2, 0.25) is 17.4 Å². The van der Waals surface area contributed by atoms with Crippen LogP contribution in [-0.4, -0.2) is 42.1 Å². The lowest BCUT2D eigenvalue weighted by Gasteiger charge is -2.29. The number of anilines is 1. The van der Waals surface area contributed by atoms with Crippen molar-refractivity contribution in [1.82, 2.24) is 4.72 Å². The van der Waals surface area contributed by atoms with Crippen LogP contribution in [0.1, 0.15) is 36.5 Å². The third kappa shape index (κ3) is 6.90. The highest BCUT2D eigenvalue weighted by atomic mass is 32.2. The summed E-state index contributed by atoms with van der Waals surface area (Å²) in [7, 11) is -8.17. The van der Waals surface area contributed by atoms with Crippen LogP contribution in [0, 0.1) is 12.8 Å². The van der Waals surface area contributed by atoms with Crippen molar-refractivity contribution in [2.24, 2.45) is 5.92 Å². The summed E-state index contributed by atoms with van der Waals surface area (Å²) in [4.78, 5) is 22.8. The number of carboxylic acids is 1. The number of carbonyl (C=O) groups is 1. The van der Waals surface area contributed by atoms with E-state index >= 15 is 0 Å². The van der Waals surface area contributed by atoms with Gasteiger partial charge in [-0.3, -0.25) is 9.36 Å². The molecule has 0 bridgehead atoms. The Morgan fingerprint density at radius 3 is 2.31 bits per heavy atom. The maximum atomic E-state index is 13.3. The molecular weight excluding hydrogens is 451 g/mol. The number of carboxylic acid groups (broad SMARTS) is 1. The number of nitrogens with two attached hydrogens (primary N) is 1. The van der Waals surface area contributed by atoms with E-state index < -0.39 is 47.1 Å². The lowest BCUT2D eigenvalue weighted by atomic mass is 9.95. The zero-order valence-electron chi connectivity index (χ0n) is 18.4. The zero-order chi connectivity index (χ0) is 24.1. The molecule has 2 aromatic carbocycles. The molecular formula is C22H31N2O6PS. The van der Waals surface area contributed by atoms with Gasteiger partial charge in [0.05, 0.1) is 11.7 Å². The van der Waals surface area contributed by atoms with Crippen LogP contribution in [0.5, 0.6) is 0 Å². The minimum absolute atomic E-state index is 0.247. The SMILES string of the molecule is Cc1c(N)cccc1C(CP(=O)(O)C(NS(=O)(=O)CCc1ccccc1)C(C)C)C(=O)O. The van der Waals surface area contributed by atoms with E-state index in [4.69, 9.17) is 5.73 Å². The van der Waals surface area contributed by atoms with Gasteiger partial charge in [-0.1, -0.05) is 56.3 Å². The predicted octanol–water partition coefficient (Wildman–Crippen LogP) is 3.16. The van der Waals surface area contributed by atoms with E-state index in [1.165, 1.54) is 0 Å². The number of aryl methyl sites for hydroxylation is 1. The largest absolute Gasteiger partial charge is 0.481 e. The van der Waals surface area contributed by atoms with Crippen molar-refractivity contribution >= 4 is 29.0 Å². The molecule has 0 aliphatic rings. The number of nitrogens with one attached hydrogen (secondary N) is 1. The van der Waals surface area contributed by atoms with E-state index in [-0.39, 0.29) is 12.2 Å². The topological polar surface area (TPSA) is 147 Å². The van der Waals surface area contributed by atoms with Crippen molar-refractivity contribution in [3.8, 4) is 0 Å². The van der Waals surface area contributed by atoms with Crippen molar-refractivity contribution in [2.45, 2.75) is 38.9 Å². The molecule has 0 heterocycles.